The van der Waals surface area contributed by atoms with Crippen LogP contribution in [-0.2, 0) is 11.3 Å². The third-order valence-electron chi connectivity index (χ3n) is 3.73. The van der Waals surface area contributed by atoms with Crippen molar-refractivity contribution in [2.75, 3.05) is 17.2 Å². The van der Waals surface area contributed by atoms with Crippen LogP contribution in [0.5, 0.6) is 0 Å². The quantitative estimate of drug-likeness (QED) is 0.824. The smallest absolute Gasteiger partial charge is 0.221 e. The zero-order valence-electron chi connectivity index (χ0n) is 14.9. The molecule has 0 amide bonds. The normalized spacial score (nSPS) is 12.7. The second-order valence-corrected chi connectivity index (χ2v) is 7.36. The lowest BCUT2D eigenvalue weighted by atomic mass is 9.95. The fourth-order valence-corrected chi connectivity index (χ4v) is 2.56. The maximum atomic E-state index is 10.9. The van der Waals surface area contributed by atoms with Crippen molar-refractivity contribution in [2.45, 2.75) is 40.2 Å². The zero-order valence-corrected chi connectivity index (χ0v) is 14.9. The van der Waals surface area contributed by atoms with Crippen LogP contribution in [0.4, 0.5) is 11.8 Å². The van der Waals surface area contributed by atoms with Gasteiger partial charge >= 0.3 is 0 Å². The van der Waals surface area contributed by atoms with Crippen LogP contribution in [-0.4, -0.2) is 22.8 Å². The van der Waals surface area contributed by atoms with Gasteiger partial charge in [0.05, 0.1) is 0 Å². The fourth-order valence-electron chi connectivity index (χ4n) is 2.56. The maximum Gasteiger partial charge on any atom is 0.221 e. The van der Waals surface area contributed by atoms with Crippen LogP contribution < -0.4 is 10.6 Å². The average molecular weight is 326 g/mol. The molecule has 0 spiro atoms. The fraction of sp³-hybridized carbons (Fsp3) is 0.421. The van der Waals surface area contributed by atoms with Gasteiger partial charge in [-0.3, -0.25) is 0 Å². The highest BCUT2D eigenvalue weighted by Gasteiger charge is 2.18. The molecule has 0 bridgehead atoms. The number of carbonyl (C=O) groups is 1. The molecule has 1 aromatic carbocycles. The molecule has 0 fully saturated rings. The van der Waals surface area contributed by atoms with E-state index in [1.165, 1.54) is 5.56 Å². The summed E-state index contributed by atoms with van der Waals surface area (Å²) in [6, 6.07) is 10.0. The number of hydrogen-bond acceptors (Lipinski definition) is 5. The van der Waals surface area contributed by atoms with Gasteiger partial charge in [-0.2, -0.15) is 4.98 Å². The number of rotatable bonds is 6. The Morgan fingerprint density at radius 2 is 1.88 bits per heavy atom. The molecule has 0 aliphatic rings. The average Bonchev–Trinajstić information content (AvgIpc) is 2.53. The number of aromatic nitrogens is 2. The van der Waals surface area contributed by atoms with E-state index in [1.807, 2.05) is 25.1 Å². The standard InChI is InChI=1S/C19H26N4O/c1-14(12-24)16-7-5-15(6-8-16)11-23(13-19(2,3)4)17-9-10-21-18(20)22-17/h5-10,12,14H,11,13H2,1-4H3,(H2,20,21,22). The topological polar surface area (TPSA) is 72.1 Å². The van der Waals surface area contributed by atoms with E-state index in [9.17, 15) is 4.79 Å². The molecule has 2 rings (SSSR count). The van der Waals surface area contributed by atoms with Crippen LogP contribution in [0, 0.1) is 5.41 Å². The van der Waals surface area contributed by atoms with Crippen molar-refractivity contribution >= 4 is 18.1 Å². The van der Waals surface area contributed by atoms with Crippen molar-refractivity contribution in [1.82, 2.24) is 9.97 Å². The van der Waals surface area contributed by atoms with Gasteiger partial charge in [-0.15, -0.1) is 0 Å². The van der Waals surface area contributed by atoms with Gasteiger partial charge in [0.25, 0.3) is 0 Å². The predicted molar refractivity (Wildman–Crippen MR) is 97.9 cm³/mol. The van der Waals surface area contributed by atoms with Gasteiger partial charge in [-0.1, -0.05) is 52.0 Å². The Labute approximate surface area is 143 Å². The molecule has 0 aliphatic carbocycles. The Hall–Kier alpha value is -2.43. The van der Waals surface area contributed by atoms with Crippen molar-refractivity contribution in [3.05, 3.63) is 47.7 Å². The number of hydrogen-bond donors (Lipinski definition) is 1. The Morgan fingerprint density at radius 3 is 2.42 bits per heavy atom. The summed E-state index contributed by atoms with van der Waals surface area (Å²) in [5.41, 5.74) is 8.05. The monoisotopic (exact) mass is 326 g/mol. The third-order valence-corrected chi connectivity index (χ3v) is 3.73. The van der Waals surface area contributed by atoms with Crippen molar-refractivity contribution in [3.8, 4) is 0 Å². The molecule has 1 heterocycles. The summed E-state index contributed by atoms with van der Waals surface area (Å²) in [6.07, 6.45) is 2.65. The van der Waals surface area contributed by atoms with E-state index < -0.39 is 0 Å². The number of aldehydes is 1. The first-order chi connectivity index (χ1) is 11.3. The van der Waals surface area contributed by atoms with Gasteiger partial charge in [-0.05, 0) is 22.6 Å². The third kappa shape index (κ3) is 5.05. The van der Waals surface area contributed by atoms with Crippen molar-refractivity contribution in [1.29, 1.82) is 0 Å². The number of anilines is 2. The highest BCUT2D eigenvalue weighted by atomic mass is 16.1. The first kappa shape index (κ1) is 17.9. The van der Waals surface area contributed by atoms with Crippen molar-refractivity contribution < 1.29 is 4.79 Å². The molecule has 0 saturated heterocycles. The van der Waals surface area contributed by atoms with Crippen LogP contribution >= 0.6 is 0 Å². The molecule has 5 nitrogen and oxygen atoms in total. The molecule has 1 aromatic heterocycles. The number of benzene rings is 1. The van der Waals surface area contributed by atoms with E-state index in [4.69, 9.17) is 5.73 Å². The maximum absolute atomic E-state index is 10.9. The van der Waals surface area contributed by atoms with Crippen LogP contribution in [0.2, 0.25) is 0 Å². The summed E-state index contributed by atoms with van der Waals surface area (Å²) in [7, 11) is 0. The molecule has 128 valence electrons. The molecular weight excluding hydrogens is 300 g/mol. The summed E-state index contributed by atoms with van der Waals surface area (Å²) in [6.45, 7) is 10.1. The minimum absolute atomic E-state index is 0.0774. The van der Waals surface area contributed by atoms with Crippen LogP contribution in [0.1, 0.15) is 44.7 Å². The van der Waals surface area contributed by atoms with Gasteiger partial charge in [0.1, 0.15) is 12.1 Å². The summed E-state index contributed by atoms with van der Waals surface area (Å²) in [4.78, 5) is 21.4. The van der Waals surface area contributed by atoms with Gasteiger partial charge < -0.3 is 15.4 Å². The molecule has 5 heteroatoms. The molecule has 1 unspecified atom stereocenters. The first-order valence-electron chi connectivity index (χ1n) is 8.16. The molecule has 24 heavy (non-hydrogen) atoms. The van der Waals surface area contributed by atoms with E-state index in [0.29, 0.717) is 0 Å². The minimum Gasteiger partial charge on any atom is -0.368 e. The molecule has 1 atom stereocenters. The van der Waals surface area contributed by atoms with Crippen molar-refractivity contribution in [2.24, 2.45) is 5.41 Å². The minimum atomic E-state index is -0.0774. The van der Waals surface area contributed by atoms with Gasteiger partial charge in [0, 0.05) is 25.2 Å². The van der Waals surface area contributed by atoms with E-state index >= 15 is 0 Å². The van der Waals surface area contributed by atoms with Crippen LogP contribution in [0.3, 0.4) is 0 Å². The van der Waals surface area contributed by atoms with E-state index in [1.54, 1.807) is 6.20 Å². The Balaban J connectivity index is 2.23. The Kier molecular flexibility index (Phi) is 5.54. The number of nitrogen functional groups attached to an aromatic ring is 1. The van der Waals surface area contributed by atoms with E-state index in [0.717, 1.165) is 30.8 Å². The van der Waals surface area contributed by atoms with E-state index in [-0.39, 0.29) is 17.3 Å². The van der Waals surface area contributed by atoms with Crippen LogP contribution in [0.15, 0.2) is 36.5 Å². The summed E-state index contributed by atoms with van der Waals surface area (Å²) < 4.78 is 0. The summed E-state index contributed by atoms with van der Waals surface area (Å²) >= 11 is 0. The molecule has 0 aliphatic heterocycles. The first-order valence-corrected chi connectivity index (χ1v) is 8.16. The lowest BCUT2D eigenvalue weighted by molar-refractivity contribution is -0.108. The van der Waals surface area contributed by atoms with Crippen molar-refractivity contribution in [3.63, 3.8) is 0 Å². The highest BCUT2D eigenvalue weighted by molar-refractivity contribution is 5.61. The number of nitrogens with zero attached hydrogens (tertiary/aromatic N) is 3. The molecule has 0 saturated carbocycles. The molecule has 0 radical (unpaired) electrons. The Morgan fingerprint density at radius 1 is 1.21 bits per heavy atom. The lowest BCUT2D eigenvalue weighted by Crippen LogP contribution is -2.33. The summed E-state index contributed by atoms with van der Waals surface area (Å²) in [5.74, 6) is 1.02. The molecule has 2 N–H and O–H groups in total. The predicted octanol–water partition coefficient (Wildman–Crippen LogP) is 3.41. The lowest BCUT2D eigenvalue weighted by Gasteiger charge is -2.31. The zero-order chi connectivity index (χ0) is 17.7. The highest BCUT2D eigenvalue weighted by Crippen LogP contribution is 2.23. The summed E-state index contributed by atoms with van der Waals surface area (Å²) in [5, 5.41) is 0. The van der Waals surface area contributed by atoms with Gasteiger partial charge in [0.2, 0.25) is 5.95 Å². The molecule has 2 aromatic rings. The van der Waals surface area contributed by atoms with E-state index in [2.05, 4.69) is 47.8 Å². The van der Waals surface area contributed by atoms with Gasteiger partial charge in [0.15, 0.2) is 0 Å². The van der Waals surface area contributed by atoms with Gasteiger partial charge in [-0.25, -0.2) is 4.98 Å². The number of nitrogens with two attached hydrogens (primary N) is 1. The Bertz CT molecular complexity index is 677. The second kappa shape index (κ2) is 7.43. The number of carbonyl (C=O) groups excluding carboxylic acids is 1. The molecular formula is C19H26N4O. The second-order valence-electron chi connectivity index (χ2n) is 7.36. The SMILES string of the molecule is CC(C=O)c1ccc(CN(CC(C)(C)C)c2ccnc(N)n2)cc1. The largest absolute Gasteiger partial charge is 0.368 e. The van der Waals surface area contributed by atoms with Crippen LogP contribution in [0.25, 0.3) is 0 Å².